The van der Waals surface area contributed by atoms with Gasteiger partial charge in [0.25, 0.3) is 0 Å². The second kappa shape index (κ2) is 6.08. The molecular formula is C19H22N2O4. The van der Waals surface area contributed by atoms with Crippen molar-refractivity contribution in [3.63, 3.8) is 0 Å². The molecule has 25 heavy (non-hydrogen) atoms. The fourth-order valence-electron chi connectivity index (χ4n) is 3.65. The van der Waals surface area contributed by atoms with Crippen LogP contribution in [0.15, 0.2) is 18.2 Å². The Kier molecular flexibility index (Phi) is 4.21. The van der Waals surface area contributed by atoms with Crippen molar-refractivity contribution in [2.75, 3.05) is 18.1 Å². The highest BCUT2D eigenvalue weighted by Gasteiger charge is 2.47. The molecule has 1 aromatic carbocycles. The first-order valence-electron chi connectivity index (χ1n) is 8.29. The first kappa shape index (κ1) is 17.3. The zero-order valence-corrected chi connectivity index (χ0v) is 14.5. The molecule has 1 saturated heterocycles. The van der Waals surface area contributed by atoms with Crippen LogP contribution in [0.5, 0.6) is 5.75 Å². The first-order valence-corrected chi connectivity index (χ1v) is 8.29. The number of rotatable bonds is 3. The zero-order chi connectivity index (χ0) is 18.2. The lowest BCUT2D eigenvalue weighted by molar-refractivity contribution is -0.130. The van der Waals surface area contributed by atoms with Crippen molar-refractivity contribution in [1.29, 1.82) is 0 Å². The number of hydrogen-bond donors (Lipinski definition) is 1. The molecule has 6 nitrogen and oxygen atoms in total. The number of carbonyl (C=O) groups excluding carboxylic acids is 2. The molecular weight excluding hydrogens is 320 g/mol. The Balaban J connectivity index is 2.08. The maximum absolute atomic E-state index is 12.6. The number of anilines is 1. The summed E-state index contributed by atoms with van der Waals surface area (Å²) in [6.45, 7) is 4.69. The highest BCUT2D eigenvalue weighted by molar-refractivity contribution is 6.11. The van der Waals surface area contributed by atoms with Crippen LogP contribution in [0, 0.1) is 12.3 Å². The van der Waals surface area contributed by atoms with Crippen molar-refractivity contribution in [2.45, 2.75) is 44.2 Å². The fraction of sp³-hybridized carbons (Fsp3) is 0.474. The molecule has 0 saturated carbocycles. The summed E-state index contributed by atoms with van der Waals surface area (Å²) in [4.78, 5) is 26.3. The molecule has 0 aromatic heterocycles. The van der Waals surface area contributed by atoms with Gasteiger partial charge in [-0.05, 0) is 38.0 Å². The van der Waals surface area contributed by atoms with Crippen LogP contribution in [0.3, 0.4) is 0 Å². The smallest absolute Gasteiger partial charge is 0.303 e. The third kappa shape index (κ3) is 2.96. The van der Waals surface area contributed by atoms with Gasteiger partial charge >= 0.3 is 5.91 Å². The van der Waals surface area contributed by atoms with Gasteiger partial charge in [-0.25, -0.2) is 0 Å². The number of nitrogens with zero attached hydrogens (tertiary/aromatic N) is 1. The summed E-state index contributed by atoms with van der Waals surface area (Å²) < 4.78 is 11.2. The number of ether oxygens (including phenoxy) is 2. The van der Waals surface area contributed by atoms with Gasteiger partial charge in [0, 0.05) is 43.7 Å². The highest BCUT2D eigenvalue weighted by atomic mass is 16.5. The Morgan fingerprint density at radius 1 is 1.28 bits per heavy atom. The second-order valence-corrected chi connectivity index (χ2v) is 7.12. The summed E-state index contributed by atoms with van der Waals surface area (Å²) in [5, 5.41) is 0. The van der Waals surface area contributed by atoms with Crippen molar-refractivity contribution >= 4 is 17.5 Å². The number of amides is 2. The molecule has 2 amide bonds. The Morgan fingerprint density at radius 2 is 1.96 bits per heavy atom. The monoisotopic (exact) mass is 342 g/mol. The first-order chi connectivity index (χ1) is 11.8. The number of benzene rings is 1. The van der Waals surface area contributed by atoms with Crippen LogP contribution in [0.1, 0.15) is 32.3 Å². The van der Waals surface area contributed by atoms with Gasteiger partial charge in [0.2, 0.25) is 5.91 Å². The van der Waals surface area contributed by atoms with E-state index in [9.17, 15) is 9.59 Å². The summed E-state index contributed by atoms with van der Waals surface area (Å²) >= 11 is 0. The van der Waals surface area contributed by atoms with E-state index in [-0.39, 0.29) is 5.60 Å². The van der Waals surface area contributed by atoms with Crippen LogP contribution in [0.25, 0.3) is 0 Å². The molecule has 6 heteroatoms. The van der Waals surface area contributed by atoms with Crippen LogP contribution in [0.4, 0.5) is 5.69 Å². The molecule has 2 N–H and O–H groups in total. The van der Waals surface area contributed by atoms with Crippen molar-refractivity contribution < 1.29 is 19.1 Å². The van der Waals surface area contributed by atoms with E-state index in [0.717, 1.165) is 11.3 Å². The van der Waals surface area contributed by atoms with Crippen molar-refractivity contribution in [3.8, 4) is 18.1 Å². The average Bonchev–Trinajstić information content (AvgIpc) is 2.88. The summed E-state index contributed by atoms with van der Waals surface area (Å²) in [5.74, 6) is 1.75. The minimum atomic E-state index is -1.18. The zero-order valence-electron chi connectivity index (χ0n) is 14.5. The number of hydrogen-bond acceptors (Lipinski definition) is 4. The predicted octanol–water partition coefficient (Wildman–Crippen LogP) is 1.40. The second-order valence-electron chi connectivity index (χ2n) is 7.12. The van der Waals surface area contributed by atoms with E-state index in [4.69, 9.17) is 21.6 Å². The number of nitrogens with two attached hydrogens (primary N) is 1. The average molecular weight is 342 g/mol. The summed E-state index contributed by atoms with van der Waals surface area (Å²) in [7, 11) is 0. The summed E-state index contributed by atoms with van der Waals surface area (Å²) in [6.07, 6.45) is 6.72. The molecule has 132 valence electrons. The maximum atomic E-state index is 12.6. The Labute approximate surface area is 147 Å². The van der Waals surface area contributed by atoms with Crippen LogP contribution in [-0.4, -0.2) is 36.2 Å². The van der Waals surface area contributed by atoms with Gasteiger partial charge in [-0.15, -0.1) is 6.42 Å². The van der Waals surface area contributed by atoms with E-state index in [1.54, 1.807) is 6.07 Å². The van der Waals surface area contributed by atoms with Gasteiger partial charge in [-0.3, -0.25) is 14.5 Å². The molecule has 0 atom stereocenters. The van der Waals surface area contributed by atoms with Gasteiger partial charge in [0.15, 0.2) is 0 Å². The Hall–Kier alpha value is -2.52. The number of terminal acetylenes is 1. The Bertz CT molecular complexity index is 757. The molecule has 2 aliphatic heterocycles. The minimum absolute atomic E-state index is 0.304. The lowest BCUT2D eigenvalue weighted by Crippen LogP contribution is -2.62. The lowest BCUT2D eigenvalue weighted by atomic mass is 9.86. The SMILES string of the molecule is C#CC(=O)N(c1ccc2c(c1)CC(C)(C)O2)C1(C(N)=O)CCOCC1. The predicted molar refractivity (Wildman–Crippen MR) is 93.2 cm³/mol. The van der Waals surface area contributed by atoms with Crippen molar-refractivity contribution in [1.82, 2.24) is 0 Å². The van der Waals surface area contributed by atoms with Crippen molar-refractivity contribution in [3.05, 3.63) is 23.8 Å². The van der Waals surface area contributed by atoms with E-state index >= 15 is 0 Å². The maximum Gasteiger partial charge on any atom is 0.303 e. The van der Waals surface area contributed by atoms with E-state index < -0.39 is 17.4 Å². The highest BCUT2D eigenvalue weighted by Crippen LogP contribution is 2.40. The topological polar surface area (TPSA) is 81.9 Å². The van der Waals surface area contributed by atoms with Crippen LogP contribution >= 0.6 is 0 Å². The number of primary amides is 1. The van der Waals surface area contributed by atoms with Gasteiger partial charge in [0.05, 0.1) is 0 Å². The quantitative estimate of drug-likeness (QED) is 0.842. The molecule has 0 spiro atoms. The molecule has 2 aliphatic rings. The summed E-state index contributed by atoms with van der Waals surface area (Å²) in [5.41, 5.74) is 5.76. The standard InChI is InChI=1S/C19H22N2O4/c1-4-16(22)21(19(17(20)23)7-9-24-10-8-19)14-5-6-15-13(11-14)12-18(2,3)25-15/h1,5-6,11H,7-10,12H2,2-3H3,(H2,20,23). The van der Waals surface area contributed by atoms with Gasteiger partial charge in [0.1, 0.15) is 16.9 Å². The van der Waals surface area contributed by atoms with Crippen LogP contribution in [0.2, 0.25) is 0 Å². The molecule has 3 rings (SSSR count). The van der Waals surface area contributed by atoms with E-state index in [1.165, 1.54) is 4.90 Å². The largest absolute Gasteiger partial charge is 0.487 e. The minimum Gasteiger partial charge on any atom is -0.487 e. The molecule has 0 aliphatic carbocycles. The normalized spacial score (nSPS) is 20.0. The molecule has 0 unspecified atom stereocenters. The molecule has 0 radical (unpaired) electrons. The number of fused-ring (bicyclic) bond motifs is 1. The molecule has 1 fully saturated rings. The van der Waals surface area contributed by atoms with Gasteiger partial charge in [-0.1, -0.05) is 0 Å². The lowest BCUT2D eigenvalue weighted by Gasteiger charge is -2.43. The van der Waals surface area contributed by atoms with E-state index in [2.05, 4.69) is 5.92 Å². The van der Waals surface area contributed by atoms with Crippen LogP contribution in [-0.2, 0) is 20.7 Å². The third-order valence-electron chi connectivity index (χ3n) is 4.84. The van der Waals surface area contributed by atoms with Gasteiger partial charge < -0.3 is 15.2 Å². The fourth-order valence-corrected chi connectivity index (χ4v) is 3.65. The van der Waals surface area contributed by atoms with Crippen LogP contribution < -0.4 is 15.4 Å². The Morgan fingerprint density at radius 3 is 2.56 bits per heavy atom. The molecule has 2 heterocycles. The third-order valence-corrected chi connectivity index (χ3v) is 4.84. The van der Waals surface area contributed by atoms with E-state index in [0.29, 0.717) is 38.2 Å². The molecule has 1 aromatic rings. The van der Waals surface area contributed by atoms with Crippen molar-refractivity contribution in [2.24, 2.45) is 5.73 Å². The summed E-state index contributed by atoms with van der Waals surface area (Å²) in [6, 6.07) is 5.42. The number of carbonyl (C=O) groups is 2. The van der Waals surface area contributed by atoms with Gasteiger partial charge in [-0.2, -0.15) is 0 Å². The molecule has 0 bridgehead atoms. The van der Waals surface area contributed by atoms with E-state index in [1.807, 2.05) is 26.0 Å².